The normalized spacial score (nSPS) is 10.9. The van der Waals surface area contributed by atoms with Gasteiger partial charge in [-0.25, -0.2) is 9.59 Å². The summed E-state index contributed by atoms with van der Waals surface area (Å²) in [6, 6.07) is 14.9. The van der Waals surface area contributed by atoms with Crippen LogP contribution in [0.2, 0.25) is 0 Å². The van der Waals surface area contributed by atoms with Gasteiger partial charge in [0.2, 0.25) is 0 Å². The van der Waals surface area contributed by atoms with Gasteiger partial charge >= 0.3 is 12.0 Å². The predicted octanol–water partition coefficient (Wildman–Crippen LogP) is 3.09. The third kappa shape index (κ3) is 5.88. The third-order valence-electron chi connectivity index (χ3n) is 4.17. The summed E-state index contributed by atoms with van der Waals surface area (Å²) in [7, 11) is 1.64. The van der Waals surface area contributed by atoms with E-state index in [1.165, 1.54) is 4.90 Å². The fourth-order valence-corrected chi connectivity index (χ4v) is 2.50. The van der Waals surface area contributed by atoms with Gasteiger partial charge in [-0.05, 0) is 17.7 Å². The lowest BCUT2D eigenvalue weighted by Crippen LogP contribution is -2.40. The number of urea groups is 1. The quantitative estimate of drug-likeness (QED) is 0.808. The number of hydroxylamine groups is 1. The molecule has 138 valence electrons. The molecule has 26 heavy (non-hydrogen) atoms. The van der Waals surface area contributed by atoms with E-state index >= 15 is 0 Å². The van der Waals surface area contributed by atoms with Crippen LogP contribution < -0.4 is 5.48 Å². The van der Waals surface area contributed by atoms with Gasteiger partial charge in [0.1, 0.15) is 0 Å². The largest absolute Gasteiger partial charge is 0.350 e. The van der Waals surface area contributed by atoms with Crippen LogP contribution in [0.1, 0.15) is 31.5 Å². The highest BCUT2D eigenvalue weighted by atomic mass is 16.7. The lowest BCUT2D eigenvalue weighted by atomic mass is 9.82. The molecule has 1 aromatic heterocycles. The number of nitrogens with zero attached hydrogens (tertiary/aromatic N) is 2. The van der Waals surface area contributed by atoms with E-state index in [9.17, 15) is 9.59 Å². The topological polar surface area (TPSA) is 71.5 Å². The van der Waals surface area contributed by atoms with Crippen molar-refractivity contribution in [3.63, 3.8) is 0 Å². The molecule has 0 fully saturated rings. The number of aromatic nitrogens is 1. The molecule has 2 amide bonds. The number of amides is 2. The Labute approximate surface area is 154 Å². The molecule has 0 saturated heterocycles. The number of benzene rings is 1. The molecule has 0 aliphatic heterocycles. The van der Waals surface area contributed by atoms with Gasteiger partial charge in [-0.15, -0.1) is 0 Å². The van der Waals surface area contributed by atoms with Crippen LogP contribution >= 0.6 is 0 Å². The Kier molecular flexibility index (Phi) is 6.72. The van der Waals surface area contributed by atoms with Crippen LogP contribution in [0.15, 0.2) is 54.7 Å². The summed E-state index contributed by atoms with van der Waals surface area (Å²) >= 11 is 0. The molecule has 0 radical (unpaired) electrons. The average Bonchev–Trinajstić information content (AvgIpc) is 2.65. The number of pyridine rings is 1. The van der Waals surface area contributed by atoms with Crippen molar-refractivity contribution in [2.24, 2.45) is 0 Å². The summed E-state index contributed by atoms with van der Waals surface area (Å²) in [5.74, 6) is -0.481. The molecule has 0 unspecified atom stereocenters. The first-order chi connectivity index (χ1) is 12.4. The maximum absolute atomic E-state index is 12.1. The number of hydrogen-bond donors (Lipinski definition) is 1. The fourth-order valence-electron chi connectivity index (χ4n) is 2.50. The Morgan fingerprint density at radius 1 is 1.12 bits per heavy atom. The molecule has 0 saturated carbocycles. The lowest BCUT2D eigenvalue weighted by molar-refractivity contribution is -0.150. The second kappa shape index (κ2) is 8.99. The van der Waals surface area contributed by atoms with Crippen molar-refractivity contribution in [3.8, 4) is 0 Å². The number of carbonyl (C=O) groups is 2. The van der Waals surface area contributed by atoms with E-state index in [-0.39, 0.29) is 11.8 Å². The first-order valence-corrected chi connectivity index (χ1v) is 8.55. The molecule has 0 bridgehead atoms. The second-order valence-electron chi connectivity index (χ2n) is 6.80. The molecule has 2 rings (SSSR count). The lowest BCUT2D eigenvalue weighted by Gasteiger charge is -2.24. The van der Waals surface area contributed by atoms with Gasteiger partial charge in [0.15, 0.2) is 0 Å². The number of rotatable bonds is 6. The summed E-state index contributed by atoms with van der Waals surface area (Å²) < 4.78 is 0. The fraction of sp³-hybridized carbons (Fsp3) is 0.350. The maximum Gasteiger partial charge on any atom is 0.350 e. The maximum atomic E-state index is 12.1. The van der Waals surface area contributed by atoms with Gasteiger partial charge in [0.05, 0.1) is 6.42 Å². The molecule has 1 N–H and O–H groups in total. The van der Waals surface area contributed by atoms with Crippen LogP contribution in [-0.2, 0) is 21.5 Å². The molecule has 0 atom stereocenters. The highest BCUT2D eigenvalue weighted by molar-refractivity contribution is 5.77. The zero-order valence-electron chi connectivity index (χ0n) is 15.4. The summed E-state index contributed by atoms with van der Waals surface area (Å²) in [5, 5.41) is 0. The molecule has 2 aromatic rings. The van der Waals surface area contributed by atoms with E-state index < -0.39 is 12.0 Å². The van der Waals surface area contributed by atoms with Crippen molar-refractivity contribution in [2.75, 3.05) is 13.6 Å². The Morgan fingerprint density at radius 2 is 1.81 bits per heavy atom. The number of likely N-dealkylation sites (N-methyl/N-ethyl adjacent to an activating group) is 1. The molecule has 1 aromatic carbocycles. The van der Waals surface area contributed by atoms with Crippen molar-refractivity contribution < 1.29 is 14.4 Å². The Balaban J connectivity index is 1.76. The smallest absolute Gasteiger partial charge is 0.339 e. The molecule has 6 nitrogen and oxygen atoms in total. The van der Waals surface area contributed by atoms with Gasteiger partial charge in [-0.2, -0.15) is 5.48 Å². The predicted molar refractivity (Wildman–Crippen MR) is 99.3 cm³/mol. The highest BCUT2D eigenvalue weighted by Gasteiger charge is 2.25. The standard InChI is InChI=1S/C20H25N3O3/c1-20(2,16-9-5-4-6-10-16)15-18(24)26-22-19(25)23(3)14-12-17-11-7-8-13-21-17/h4-11,13H,12,14-15H2,1-3H3,(H,22,25). The van der Waals surface area contributed by atoms with Crippen LogP contribution in [0.5, 0.6) is 0 Å². The average molecular weight is 355 g/mol. The SMILES string of the molecule is CN(CCc1ccccn1)C(=O)NOC(=O)CC(C)(C)c1ccccc1. The van der Waals surface area contributed by atoms with Crippen molar-refractivity contribution in [1.82, 2.24) is 15.4 Å². The summed E-state index contributed by atoms with van der Waals surface area (Å²) in [4.78, 5) is 34.7. The number of nitrogens with one attached hydrogen (secondary N) is 1. The van der Waals surface area contributed by atoms with E-state index in [2.05, 4.69) is 10.5 Å². The Hall–Kier alpha value is -2.89. The van der Waals surface area contributed by atoms with Crippen LogP contribution in [0, 0.1) is 0 Å². The highest BCUT2D eigenvalue weighted by Crippen LogP contribution is 2.26. The zero-order valence-corrected chi connectivity index (χ0v) is 15.4. The number of carbonyl (C=O) groups excluding carboxylic acids is 2. The van der Waals surface area contributed by atoms with Gasteiger partial charge in [0.25, 0.3) is 0 Å². The molecule has 0 aliphatic rings. The molecule has 6 heteroatoms. The van der Waals surface area contributed by atoms with E-state index in [1.54, 1.807) is 13.2 Å². The second-order valence-corrected chi connectivity index (χ2v) is 6.80. The van der Waals surface area contributed by atoms with Crippen LogP contribution in [0.3, 0.4) is 0 Å². The first-order valence-electron chi connectivity index (χ1n) is 8.55. The van der Waals surface area contributed by atoms with Crippen molar-refractivity contribution in [2.45, 2.75) is 32.1 Å². The minimum Gasteiger partial charge on any atom is -0.339 e. The van der Waals surface area contributed by atoms with E-state index in [1.807, 2.05) is 62.4 Å². The van der Waals surface area contributed by atoms with Crippen LogP contribution in [0.4, 0.5) is 4.79 Å². The first kappa shape index (κ1) is 19.4. The molecular formula is C20H25N3O3. The third-order valence-corrected chi connectivity index (χ3v) is 4.17. The molecular weight excluding hydrogens is 330 g/mol. The summed E-state index contributed by atoms with van der Waals surface area (Å²) in [5.41, 5.74) is 3.76. The molecule has 1 heterocycles. The monoisotopic (exact) mass is 355 g/mol. The van der Waals surface area contributed by atoms with Crippen LogP contribution in [-0.4, -0.2) is 35.5 Å². The number of hydrogen-bond acceptors (Lipinski definition) is 4. The van der Waals surface area contributed by atoms with Gasteiger partial charge in [-0.1, -0.05) is 50.2 Å². The van der Waals surface area contributed by atoms with Crippen molar-refractivity contribution in [3.05, 3.63) is 66.0 Å². The zero-order chi connectivity index (χ0) is 19.0. The van der Waals surface area contributed by atoms with Gasteiger partial charge in [-0.3, -0.25) is 4.98 Å². The summed E-state index contributed by atoms with van der Waals surface area (Å²) in [6.07, 6.45) is 2.50. The minimum atomic E-state index is -0.481. The van der Waals surface area contributed by atoms with Gasteiger partial charge in [0, 0.05) is 37.3 Å². The Morgan fingerprint density at radius 3 is 2.46 bits per heavy atom. The van der Waals surface area contributed by atoms with E-state index in [0.717, 1.165) is 11.3 Å². The van der Waals surface area contributed by atoms with Gasteiger partial charge < -0.3 is 9.74 Å². The van der Waals surface area contributed by atoms with E-state index in [4.69, 9.17) is 4.84 Å². The van der Waals surface area contributed by atoms with Crippen LogP contribution in [0.25, 0.3) is 0 Å². The minimum absolute atomic E-state index is 0.162. The van der Waals surface area contributed by atoms with Crippen molar-refractivity contribution >= 4 is 12.0 Å². The molecule has 0 spiro atoms. The van der Waals surface area contributed by atoms with Crippen molar-refractivity contribution in [1.29, 1.82) is 0 Å². The Bertz CT molecular complexity index is 718. The molecule has 0 aliphatic carbocycles. The summed E-state index contributed by atoms with van der Waals surface area (Å²) in [6.45, 7) is 4.39. The van der Waals surface area contributed by atoms with E-state index in [0.29, 0.717) is 13.0 Å².